The predicted octanol–water partition coefficient (Wildman–Crippen LogP) is 1.62. The van der Waals surface area contributed by atoms with Crippen LogP contribution in [0.1, 0.15) is 36.0 Å². The second-order valence-electron chi connectivity index (χ2n) is 5.98. The van der Waals surface area contributed by atoms with E-state index in [0.29, 0.717) is 11.3 Å². The van der Waals surface area contributed by atoms with Crippen LogP contribution in [0, 0.1) is 5.92 Å². The number of aliphatic hydroxyl groups excluding tert-OH is 1. The lowest BCUT2D eigenvalue weighted by atomic mass is 9.85. The fourth-order valence-corrected chi connectivity index (χ4v) is 2.97. The number of hydrogen-bond donors (Lipinski definition) is 3. The highest BCUT2D eigenvalue weighted by atomic mass is 16.3. The number of nitrogen functional groups attached to an aromatic ring is 1. The Kier molecular flexibility index (Phi) is 5.07. The Bertz CT molecular complexity index is 502. The highest BCUT2D eigenvalue weighted by Crippen LogP contribution is 2.25. The van der Waals surface area contributed by atoms with Crippen LogP contribution >= 0.6 is 0 Å². The molecule has 0 saturated heterocycles. The highest BCUT2D eigenvalue weighted by Gasteiger charge is 2.26. The number of hydrogen-bond acceptors (Lipinski definition) is 4. The molecule has 5 heteroatoms. The summed E-state index contributed by atoms with van der Waals surface area (Å²) in [5.74, 6) is 0.0541. The van der Waals surface area contributed by atoms with Gasteiger partial charge in [0, 0.05) is 38.2 Å². The number of amides is 1. The SMILES string of the molecule is CN(C)c1ccc(C(=O)NC2CCCCC2CO)cc1N. The molecule has 116 valence electrons. The van der Waals surface area contributed by atoms with E-state index in [1.54, 1.807) is 12.1 Å². The molecule has 1 saturated carbocycles. The second kappa shape index (κ2) is 6.80. The van der Waals surface area contributed by atoms with E-state index in [4.69, 9.17) is 5.73 Å². The average Bonchev–Trinajstić information content (AvgIpc) is 2.47. The van der Waals surface area contributed by atoms with Gasteiger partial charge >= 0.3 is 0 Å². The summed E-state index contributed by atoms with van der Waals surface area (Å²) in [5.41, 5.74) is 8.05. The van der Waals surface area contributed by atoms with Crippen LogP contribution in [0.25, 0.3) is 0 Å². The molecule has 0 radical (unpaired) electrons. The van der Waals surface area contributed by atoms with Crippen molar-refractivity contribution in [1.82, 2.24) is 5.32 Å². The van der Waals surface area contributed by atoms with E-state index in [2.05, 4.69) is 5.32 Å². The molecule has 0 aromatic heterocycles. The number of aliphatic hydroxyl groups is 1. The zero-order valence-corrected chi connectivity index (χ0v) is 12.8. The van der Waals surface area contributed by atoms with Gasteiger partial charge in [-0.15, -0.1) is 0 Å². The molecule has 1 aliphatic carbocycles. The van der Waals surface area contributed by atoms with E-state index < -0.39 is 0 Å². The fourth-order valence-electron chi connectivity index (χ4n) is 2.97. The van der Waals surface area contributed by atoms with E-state index >= 15 is 0 Å². The monoisotopic (exact) mass is 291 g/mol. The Morgan fingerprint density at radius 1 is 1.38 bits per heavy atom. The van der Waals surface area contributed by atoms with Gasteiger partial charge in [0.15, 0.2) is 0 Å². The lowest BCUT2D eigenvalue weighted by Crippen LogP contribution is -2.43. The van der Waals surface area contributed by atoms with E-state index in [1.165, 1.54) is 0 Å². The first-order valence-electron chi connectivity index (χ1n) is 7.51. The average molecular weight is 291 g/mol. The molecular weight excluding hydrogens is 266 g/mol. The number of carbonyl (C=O) groups is 1. The van der Waals surface area contributed by atoms with Crippen LogP contribution < -0.4 is 16.0 Å². The third-order valence-electron chi connectivity index (χ3n) is 4.23. The van der Waals surface area contributed by atoms with Crippen LogP contribution in [0.5, 0.6) is 0 Å². The Hall–Kier alpha value is -1.75. The maximum Gasteiger partial charge on any atom is 0.251 e. The molecule has 5 nitrogen and oxygen atoms in total. The molecule has 21 heavy (non-hydrogen) atoms. The minimum atomic E-state index is -0.114. The van der Waals surface area contributed by atoms with Gasteiger partial charge in [-0.05, 0) is 31.0 Å². The fraction of sp³-hybridized carbons (Fsp3) is 0.562. The van der Waals surface area contributed by atoms with Crippen molar-refractivity contribution in [2.45, 2.75) is 31.7 Å². The lowest BCUT2D eigenvalue weighted by molar-refractivity contribution is 0.0872. The van der Waals surface area contributed by atoms with Crippen LogP contribution in [0.4, 0.5) is 11.4 Å². The molecule has 0 spiro atoms. The van der Waals surface area contributed by atoms with Gasteiger partial charge in [0.2, 0.25) is 0 Å². The molecule has 0 heterocycles. The smallest absolute Gasteiger partial charge is 0.251 e. The van der Waals surface area contributed by atoms with Crippen LogP contribution in [-0.2, 0) is 0 Å². The van der Waals surface area contributed by atoms with Crippen molar-refractivity contribution in [2.24, 2.45) is 5.92 Å². The van der Waals surface area contributed by atoms with Crippen LogP contribution in [0.2, 0.25) is 0 Å². The van der Waals surface area contributed by atoms with Crippen molar-refractivity contribution in [2.75, 3.05) is 31.3 Å². The predicted molar refractivity (Wildman–Crippen MR) is 85.5 cm³/mol. The number of nitrogens with two attached hydrogens (primary N) is 1. The first kappa shape index (κ1) is 15.6. The number of benzene rings is 1. The van der Waals surface area contributed by atoms with Gasteiger partial charge in [0.05, 0.1) is 11.4 Å². The molecule has 0 bridgehead atoms. The normalized spacial score (nSPS) is 21.9. The van der Waals surface area contributed by atoms with Crippen molar-refractivity contribution < 1.29 is 9.90 Å². The molecule has 1 aromatic rings. The Morgan fingerprint density at radius 2 is 2.10 bits per heavy atom. The summed E-state index contributed by atoms with van der Waals surface area (Å²) in [4.78, 5) is 14.3. The number of anilines is 2. The number of carbonyl (C=O) groups excluding carboxylic acids is 1. The zero-order valence-electron chi connectivity index (χ0n) is 12.8. The Labute approximate surface area is 126 Å². The first-order valence-corrected chi connectivity index (χ1v) is 7.51. The van der Waals surface area contributed by atoms with E-state index in [0.717, 1.165) is 31.4 Å². The number of nitrogens with zero attached hydrogens (tertiary/aromatic N) is 1. The van der Waals surface area contributed by atoms with E-state index in [1.807, 2.05) is 25.1 Å². The maximum absolute atomic E-state index is 12.3. The summed E-state index contributed by atoms with van der Waals surface area (Å²) in [5, 5.41) is 12.5. The molecule has 2 unspecified atom stereocenters. The summed E-state index contributed by atoms with van der Waals surface area (Å²) in [7, 11) is 3.83. The molecule has 1 aromatic carbocycles. The summed E-state index contributed by atoms with van der Waals surface area (Å²) in [6.07, 6.45) is 4.14. The quantitative estimate of drug-likeness (QED) is 0.737. The van der Waals surface area contributed by atoms with Gasteiger partial charge in [-0.2, -0.15) is 0 Å². The Morgan fingerprint density at radius 3 is 2.71 bits per heavy atom. The van der Waals surface area contributed by atoms with E-state index in [-0.39, 0.29) is 24.5 Å². The van der Waals surface area contributed by atoms with Gasteiger partial charge in [0.25, 0.3) is 5.91 Å². The van der Waals surface area contributed by atoms with Crippen LogP contribution in [-0.4, -0.2) is 37.8 Å². The molecule has 0 aliphatic heterocycles. The lowest BCUT2D eigenvalue weighted by Gasteiger charge is -2.31. The third kappa shape index (κ3) is 3.67. The van der Waals surface area contributed by atoms with Gasteiger partial charge in [-0.3, -0.25) is 4.79 Å². The highest BCUT2D eigenvalue weighted by molar-refractivity contribution is 5.96. The molecule has 1 fully saturated rings. The molecular formula is C16H25N3O2. The van der Waals surface area contributed by atoms with Crippen LogP contribution in [0.3, 0.4) is 0 Å². The minimum Gasteiger partial charge on any atom is -0.397 e. The van der Waals surface area contributed by atoms with Gasteiger partial charge in [-0.1, -0.05) is 12.8 Å². The van der Waals surface area contributed by atoms with Gasteiger partial charge < -0.3 is 21.1 Å². The summed E-state index contributed by atoms with van der Waals surface area (Å²) >= 11 is 0. The third-order valence-corrected chi connectivity index (χ3v) is 4.23. The Balaban J connectivity index is 2.07. The zero-order chi connectivity index (χ0) is 15.4. The van der Waals surface area contributed by atoms with Crippen molar-refractivity contribution in [3.63, 3.8) is 0 Å². The van der Waals surface area contributed by atoms with E-state index in [9.17, 15) is 9.90 Å². The second-order valence-corrected chi connectivity index (χ2v) is 5.98. The first-order chi connectivity index (χ1) is 10.0. The molecule has 2 rings (SSSR count). The molecule has 4 N–H and O–H groups in total. The summed E-state index contributed by atoms with van der Waals surface area (Å²) < 4.78 is 0. The van der Waals surface area contributed by atoms with Crippen molar-refractivity contribution in [1.29, 1.82) is 0 Å². The number of rotatable bonds is 4. The summed E-state index contributed by atoms with van der Waals surface area (Å²) in [6.45, 7) is 0.132. The number of nitrogens with one attached hydrogen (secondary N) is 1. The molecule has 1 aliphatic rings. The van der Waals surface area contributed by atoms with Gasteiger partial charge in [0.1, 0.15) is 0 Å². The standard InChI is InChI=1S/C16H25N3O2/c1-19(2)15-8-7-11(9-13(15)17)16(21)18-14-6-4-3-5-12(14)10-20/h7-9,12,14,20H,3-6,10,17H2,1-2H3,(H,18,21). The topological polar surface area (TPSA) is 78.6 Å². The minimum absolute atomic E-state index is 0.0611. The van der Waals surface area contributed by atoms with Crippen molar-refractivity contribution >= 4 is 17.3 Å². The molecule has 1 amide bonds. The van der Waals surface area contributed by atoms with Crippen molar-refractivity contribution in [3.05, 3.63) is 23.8 Å². The van der Waals surface area contributed by atoms with Gasteiger partial charge in [-0.25, -0.2) is 0 Å². The largest absolute Gasteiger partial charge is 0.397 e. The molecule has 2 atom stereocenters. The maximum atomic E-state index is 12.3. The van der Waals surface area contributed by atoms with Crippen molar-refractivity contribution in [3.8, 4) is 0 Å². The summed E-state index contributed by atoms with van der Waals surface area (Å²) in [6, 6.07) is 5.42. The van der Waals surface area contributed by atoms with Crippen LogP contribution in [0.15, 0.2) is 18.2 Å².